The topological polar surface area (TPSA) is 38.8 Å². The summed E-state index contributed by atoms with van der Waals surface area (Å²) >= 11 is 0. The summed E-state index contributed by atoms with van der Waals surface area (Å²) < 4.78 is 10.8. The van der Waals surface area contributed by atoms with E-state index in [1.165, 1.54) is 0 Å². The van der Waals surface area contributed by atoms with Crippen LogP contribution in [0.2, 0.25) is 0 Å². The Kier molecular flexibility index (Phi) is 5.40. The Labute approximate surface area is 104 Å². The van der Waals surface area contributed by atoms with Crippen molar-refractivity contribution in [3.63, 3.8) is 0 Å². The lowest BCUT2D eigenvalue weighted by Crippen LogP contribution is -2.40. The zero-order valence-electron chi connectivity index (χ0n) is 11.5. The van der Waals surface area contributed by atoms with Crippen LogP contribution in [0.5, 0.6) is 0 Å². The van der Waals surface area contributed by atoms with E-state index in [2.05, 4.69) is 4.90 Å². The summed E-state index contributed by atoms with van der Waals surface area (Å²) in [5.41, 5.74) is -0.112. The zero-order valence-corrected chi connectivity index (χ0v) is 11.5. The normalized spacial score (nSPS) is 21.8. The van der Waals surface area contributed by atoms with E-state index in [1.807, 2.05) is 27.7 Å². The van der Waals surface area contributed by atoms with Gasteiger partial charge in [0.1, 0.15) is 6.04 Å². The number of likely N-dealkylation sites (tertiary alicyclic amines) is 1. The summed E-state index contributed by atoms with van der Waals surface area (Å²) in [6.45, 7) is 10.9. The molecule has 0 spiro atoms. The predicted octanol–water partition coefficient (Wildman–Crippen LogP) is 1.83. The fourth-order valence-corrected chi connectivity index (χ4v) is 2.07. The summed E-state index contributed by atoms with van der Waals surface area (Å²) in [5, 5.41) is 0. The van der Waals surface area contributed by atoms with Crippen molar-refractivity contribution < 1.29 is 14.3 Å². The molecule has 4 nitrogen and oxygen atoms in total. The van der Waals surface area contributed by atoms with E-state index >= 15 is 0 Å². The molecule has 17 heavy (non-hydrogen) atoms. The molecule has 0 amide bonds. The second kappa shape index (κ2) is 6.36. The lowest BCUT2D eigenvalue weighted by Gasteiger charge is -2.25. The maximum absolute atomic E-state index is 11.7. The number of hydrogen-bond donors (Lipinski definition) is 0. The Hall–Kier alpha value is -0.610. The summed E-state index contributed by atoms with van der Waals surface area (Å²) in [7, 11) is 0. The summed E-state index contributed by atoms with van der Waals surface area (Å²) in [6, 6.07) is -0.0569. The molecule has 0 aromatic carbocycles. The number of nitrogens with zero attached hydrogens (tertiary/aromatic N) is 1. The second-order valence-electron chi connectivity index (χ2n) is 5.41. The highest BCUT2D eigenvalue weighted by atomic mass is 16.5. The molecule has 1 fully saturated rings. The van der Waals surface area contributed by atoms with E-state index in [4.69, 9.17) is 9.47 Å². The second-order valence-corrected chi connectivity index (χ2v) is 5.41. The molecule has 0 aliphatic carbocycles. The highest BCUT2D eigenvalue weighted by Crippen LogP contribution is 2.18. The Morgan fingerprint density at radius 3 is 2.71 bits per heavy atom. The van der Waals surface area contributed by atoms with Gasteiger partial charge < -0.3 is 9.47 Å². The van der Waals surface area contributed by atoms with Crippen molar-refractivity contribution >= 4 is 5.97 Å². The average Bonchev–Trinajstić information content (AvgIpc) is 2.64. The molecule has 1 unspecified atom stereocenters. The van der Waals surface area contributed by atoms with Crippen LogP contribution in [0.3, 0.4) is 0 Å². The van der Waals surface area contributed by atoms with Crippen molar-refractivity contribution in [2.45, 2.75) is 52.2 Å². The van der Waals surface area contributed by atoms with Crippen molar-refractivity contribution in [1.29, 1.82) is 0 Å². The lowest BCUT2D eigenvalue weighted by atomic mass is 10.2. The molecular weight excluding hydrogens is 218 g/mol. The first-order chi connectivity index (χ1) is 7.94. The molecule has 4 heteroatoms. The molecule has 1 rings (SSSR count). The molecule has 1 atom stereocenters. The molecule has 0 bridgehead atoms. The van der Waals surface area contributed by atoms with Crippen LogP contribution in [0.1, 0.15) is 40.5 Å². The third-order valence-electron chi connectivity index (χ3n) is 2.84. The van der Waals surface area contributed by atoms with Gasteiger partial charge in [0.2, 0.25) is 0 Å². The molecule has 0 aromatic heterocycles. The lowest BCUT2D eigenvalue weighted by molar-refractivity contribution is -0.148. The van der Waals surface area contributed by atoms with Crippen LogP contribution in [0.4, 0.5) is 0 Å². The molecule has 0 saturated carbocycles. The van der Waals surface area contributed by atoms with Crippen molar-refractivity contribution in [2.75, 3.05) is 26.3 Å². The fraction of sp³-hybridized carbons (Fsp3) is 0.923. The first kappa shape index (κ1) is 14.5. The maximum atomic E-state index is 11.7. The number of rotatable bonds is 5. The van der Waals surface area contributed by atoms with Gasteiger partial charge >= 0.3 is 5.97 Å². The number of carbonyl (C=O) groups excluding carboxylic acids is 1. The third-order valence-corrected chi connectivity index (χ3v) is 2.84. The molecule has 1 saturated heterocycles. The Balaban J connectivity index is 2.34. The molecular formula is C13H25NO3. The van der Waals surface area contributed by atoms with E-state index in [9.17, 15) is 4.79 Å². The number of esters is 1. The van der Waals surface area contributed by atoms with Crippen LogP contribution in [0.25, 0.3) is 0 Å². The van der Waals surface area contributed by atoms with E-state index in [1.54, 1.807) is 0 Å². The quantitative estimate of drug-likeness (QED) is 0.691. The van der Waals surface area contributed by atoms with Crippen molar-refractivity contribution in [2.24, 2.45) is 0 Å². The minimum Gasteiger partial charge on any atom is -0.465 e. The molecule has 100 valence electrons. The highest BCUT2D eigenvalue weighted by molar-refractivity contribution is 5.76. The van der Waals surface area contributed by atoms with Gasteiger partial charge in [-0.05, 0) is 47.1 Å². The molecule has 0 N–H and O–H groups in total. The third kappa shape index (κ3) is 5.04. The van der Waals surface area contributed by atoms with Gasteiger partial charge in [-0.25, -0.2) is 0 Å². The standard InChI is InChI=1S/C13H25NO3/c1-5-16-12(15)11-7-6-8-14(11)9-10-17-13(2,3)4/h11H,5-10H2,1-4H3. The van der Waals surface area contributed by atoms with Gasteiger partial charge in [0.15, 0.2) is 0 Å². The molecule has 0 radical (unpaired) electrons. The van der Waals surface area contributed by atoms with Gasteiger partial charge in [0.05, 0.1) is 18.8 Å². The van der Waals surface area contributed by atoms with Crippen molar-refractivity contribution in [3.8, 4) is 0 Å². The smallest absolute Gasteiger partial charge is 0.323 e. The van der Waals surface area contributed by atoms with Crippen LogP contribution in [0, 0.1) is 0 Å². The molecule has 1 aliphatic heterocycles. The van der Waals surface area contributed by atoms with Crippen LogP contribution in [0.15, 0.2) is 0 Å². The van der Waals surface area contributed by atoms with Crippen LogP contribution in [-0.4, -0.2) is 48.8 Å². The van der Waals surface area contributed by atoms with Crippen LogP contribution in [-0.2, 0) is 14.3 Å². The minimum atomic E-state index is -0.112. The molecule has 1 heterocycles. The first-order valence-electron chi connectivity index (χ1n) is 6.48. The minimum absolute atomic E-state index is 0.0569. The van der Waals surface area contributed by atoms with E-state index in [0.717, 1.165) is 25.9 Å². The van der Waals surface area contributed by atoms with Gasteiger partial charge in [-0.2, -0.15) is 0 Å². The van der Waals surface area contributed by atoms with Crippen molar-refractivity contribution in [1.82, 2.24) is 4.90 Å². The van der Waals surface area contributed by atoms with Gasteiger partial charge in [-0.1, -0.05) is 0 Å². The van der Waals surface area contributed by atoms with Crippen LogP contribution >= 0.6 is 0 Å². The predicted molar refractivity (Wildman–Crippen MR) is 66.9 cm³/mol. The number of hydrogen-bond acceptors (Lipinski definition) is 4. The zero-order chi connectivity index (χ0) is 12.9. The van der Waals surface area contributed by atoms with E-state index in [-0.39, 0.29) is 17.6 Å². The van der Waals surface area contributed by atoms with Gasteiger partial charge in [0, 0.05) is 6.54 Å². The highest BCUT2D eigenvalue weighted by Gasteiger charge is 2.31. The van der Waals surface area contributed by atoms with Crippen LogP contribution < -0.4 is 0 Å². The fourth-order valence-electron chi connectivity index (χ4n) is 2.07. The van der Waals surface area contributed by atoms with E-state index in [0.29, 0.717) is 13.2 Å². The monoisotopic (exact) mass is 243 g/mol. The Morgan fingerprint density at radius 2 is 2.12 bits per heavy atom. The SMILES string of the molecule is CCOC(=O)C1CCCN1CCOC(C)(C)C. The molecule has 0 aromatic rings. The summed E-state index contributed by atoms with van der Waals surface area (Å²) in [6.07, 6.45) is 1.98. The van der Waals surface area contributed by atoms with E-state index < -0.39 is 0 Å². The van der Waals surface area contributed by atoms with Crippen molar-refractivity contribution in [3.05, 3.63) is 0 Å². The largest absolute Gasteiger partial charge is 0.465 e. The first-order valence-corrected chi connectivity index (χ1v) is 6.48. The number of ether oxygens (including phenoxy) is 2. The van der Waals surface area contributed by atoms with Gasteiger partial charge in [-0.15, -0.1) is 0 Å². The summed E-state index contributed by atoms with van der Waals surface area (Å²) in [5.74, 6) is -0.0826. The Bertz CT molecular complexity index is 248. The van der Waals surface area contributed by atoms with Gasteiger partial charge in [0.25, 0.3) is 0 Å². The Morgan fingerprint density at radius 1 is 1.41 bits per heavy atom. The van der Waals surface area contributed by atoms with Gasteiger partial charge in [-0.3, -0.25) is 9.69 Å². The number of carbonyl (C=O) groups is 1. The average molecular weight is 243 g/mol. The molecule has 1 aliphatic rings. The summed E-state index contributed by atoms with van der Waals surface area (Å²) in [4.78, 5) is 13.9. The maximum Gasteiger partial charge on any atom is 0.323 e.